The zero-order chi connectivity index (χ0) is 12.3. The first-order valence-corrected chi connectivity index (χ1v) is 6.69. The summed E-state index contributed by atoms with van der Waals surface area (Å²) < 4.78 is 0. The molecule has 1 aromatic carbocycles. The number of hydrogen-bond donors (Lipinski definition) is 1. The summed E-state index contributed by atoms with van der Waals surface area (Å²) in [4.78, 5) is 15.0. The van der Waals surface area contributed by atoms with E-state index in [1.54, 1.807) is 0 Å². The first-order chi connectivity index (χ1) is 8.19. The number of thiol groups is 1. The SMILES string of the molecule is CCC1CCN(C(=O)Cc2ccc(S)cc2)C1. The Morgan fingerprint density at radius 1 is 1.41 bits per heavy atom. The third kappa shape index (κ3) is 3.25. The first-order valence-electron chi connectivity index (χ1n) is 6.24. The lowest BCUT2D eigenvalue weighted by molar-refractivity contribution is -0.129. The van der Waals surface area contributed by atoms with Gasteiger partial charge in [-0.3, -0.25) is 4.79 Å². The van der Waals surface area contributed by atoms with Gasteiger partial charge in [0.05, 0.1) is 6.42 Å². The molecule has 17 heavy (non-hydrogen) atoms. The van der Waals surface area contributed by atoms with Crippen LogP contribution in [0.5, 0.6) is 0 Å². The Morgan fingerprint density at radius 2 is 2.12 bits per heavy atom. The van der Waals surface area contributed by atoms with Gasteiger partial charge in [-0.1, -0.05) is 25.5 Å². The Bertz CT molecular complexity index is 388. The van der Waals surface area contributed by atoms with Crippen molar-refractivity contribution in [3.05, 3.63) is 29.8 Å². The third-order valence-electron chi connectivity index (χ3n) is 3.51. The number of amides is 1. The largest absolute Gasteiger partial charge is 0.342 e. The predicted molar refractivity (Wildman–Crippen MR) is 72.4 cm³/mol. The maximum absolute atomic E-state index is 12.1. The van der Waals surface area contributed by atoms with Gasteiger partial charge in [0.15, 0.2) is 0 Å². The molecule has 1 unspecified atom stereocenters. The summed E-state index contributed by atoms with van der Waals surface area (Å²) in [6.45, 7) is 4.08. The number of carbonyl (C=O) groups is 1. The van der Waals surface area contributed by atoms with Crippen molar-refractivity contribution in [3.63, 3.8) is 0 Å². The molecular weight excluding hydrogens is 230 g/mol. The van der Waals surface area contributed by atoms with Crippen molar-refractivity contribution in [2.45, 2.75) is 31.1 Å². The fraction of sp³-hybridized carbons (Fsp3) is 0.500. The molecule has 1 saturated heterocycles. The highest BCUT2D eigenvalue weighted by Crippen LogP contribution is 2.20. The second kappa shape index (κ2) is 5.58. The molecule has 0 N–H and O–H groups in total. The van der Waals surface area contributed by atoms with Gasteiger partial charge in [0, 0.05) is 18.0 Å². The fourth-order valence-corrected chi connectivity index (χ4v) is 2.44. The summed E-state index contributed by atoms with van der Waals surface area (Å²) in [5.74, 6) is 0.964. The summed E-state index contributed by atoms with van der Waals surface area (Å²) in [6, 6.07) is 7.83. The Labute approximate surface area is 108 Å². The molecule has 1 aromatic rings. The predicted octanol–water partition coefficient (Wildman–Crippen LogP) is 2.78. The molecule has 1 aliphatic rings. The average Bonchev–Trinajstić information content (AvgIpc) is 2.81. The second-order valence-electron chi connectivity index (χ2n) is 4.75. The summed E-state index contributed by atoms with van der Waals surface area (Å²) in [7, 11) is 0. The lowest BCUT2D eigenvalue weighted by Crippen LogP contribution is -2.30. The van der Waals surface area contributed by atoms with E-state index in [0.717, 1.165) is 30.0 Å². The minimum atomic E-state index is 0.257. The number of hydrogen-bond acceptors (Lipinski definition) is 2. The number of rotatable bonds is 3. The molecule has 0 spiro atoms. The van der Waals surface area contributed by atoms with Gasteiger partial charge in [0.2, 0.25) is 5.91 Å². The number of benzene rings is 1. The van der Waals surface area contributed by atoms with Gasteiger partial charge in [0.1, 0.15) is 0 Å². The lowest BCUT2D eigenvalue weighted by atomic mass is 10.1. The molecule has 0 aromatic heterocycles. The van der Waals surface area contributed by atoms with E-state index in [9.17, 15) is 4.79 Å². The molecule has 0 radical (unpaired) electrons. The van der Waals surface area contributed by atoms with Crippen molar-refractivity contribution in [1.82, 2.24) is 4.90 Å². The van der Waals surface area contributed by atoms with Gasteiger partial charge in [-0.2, -0.15) is 0 Å². The highest BCUT2D eigenvalue weighted by Gasteiger charge is 2.24. The number of nitrogens with zero attached hydrogens (tertiary/aromatic N) is 1. The van der Waals surface area contributed by atoms with Crippen LogP contribution < -0.4 is 0 Å². The van der Waals surface area contributed by atoms with Crippen molar-refractivity contribution in [2.24, 2.45) is 5.92 Å². The molecule has 1 fully saturated rings. The molecule has 1 amide bonds. The van der Waals surface area contributed by atoms with E-state index in [1.807, 2.05) is 29.2 Å². The number of carbonyl (C=O) groups excluding carboxylic acids is 1. The van der Waals surface area contributed by atoms with Crippen LogP contribution in [0.1, 0.15) is 25.3 Å². The number of likely N-dealkylation sites (tertiary alicyclic amines) is 1. The van der Waals surface area contributed by atoms with Crippen LogP contribution in [0.4, 0.5) is 0 Å². The van der Waals surface area contributed by atoms with Crippen LogP contribution in [0, 0.1) is 5.92 Å². The Morgan fingerprint density at radius 3 is 2.71 bits per heavy atom. The molecule has 1 atom stereocenters. The van der Waals surface area contributed by atoms with E-state index in [4.69, 9.17) is 0 Å². The third-order valence-corrected chi connectivity index (χ3v) is 3.81. The average molecular weight is 249 g/mol. The molecule has 0 saturated carbocycles. The van der Waals surface area contributed by atoms with E-state index < -0.39 is 0 Å². The zero-order valence-electron chi connectivity index (χ0n) is 10.2. The smallest absolute Gasteiger partial charge is 0.226 e. The van der Waals surface area contributed by atoms with E-state index in [-0.39, 0.29) is 5.91 Å². The second-order valence-corrected chi connectivity index (χ2v) is 5.26. The minimum Gasteiger partial charge on any atom is -0.342 e. The monoisotopic (exact) mass is 249 g/mol. The topological polar surface area (TPSA) is 20.3 Å². The van der Waals surface area contributed by atoms with Crippen molar-refractivity contribution in [2.75, 3.05) is 13.1 Å². The fourth-order valence-electron chi connectivity index (χ4n) is 2.29. The van der Waals surface area contributed by atoms with Gasteiger partial charge in [-0.15, -0.1) is 12.6 Å². The van der Waals surface area contributed by atoms with Crippen LogP contribution in [0.2, 0.25) is 0 Å². The summed E-state index contributed by atoms with van der Waals surface area (Å²) in [6.07, 6.45) is 2.86. The zero-order valence-corrected chi connectivity index (χ0v) is 11.1. The van der Waals surface area contributed by atoms with Crippen molar-refractivity contribution < 1.29 is 4.79 Å². The molecule has 2 nitrogen and oxygen atoms in total. The van der Waals surface area contributed by atoms with Crippen LogP contribution in [0.15, 0.2) is 29.2 Å². The summed E-state index contributed by atoms with van der Waals surface area (Å²) >= 11 is 4.24. The minimum absolute atomic E-state index is 0.257. The molecular formula is C14H19NOS. The van der Waals surface area contributed by atoms with Crippen molar-refractivity contribution in [1.29, 1.82) is 0 Å². The van der Waals surface area contributed by atoms with Crippen LogP contribution in [-0.4, -0.2) is 23.9 Å². The van der Waals surface area contributed by atoms with Crippen LogP contribution >= 0.6 is 12.6 Å². The van der Waals surface area contributed by atoms with Gasteiger partial charge in [0.25, 0.3) is 0 Å². The molecule has 1 heterocycles. The highest BCUT2D eigenvalue weighted by atomic mass is 32.1. The van der Waals surface area contributed by atoms with Crippen LogP contribution in [-0.2, 0) is 11.2 Å². The first kappa shape index (κ1) is 12.5. The lowest BCUT2D eigenvalue weighted by Gasteiger charge is -2.16. The Balaban J connectivity index is 1.91. The molecule has 2 rings (SSSR count). The van der Waals surface area contributed by atoms with E-state index in [0.29, 0.717) is 12.3 Å². The van der Waals surface area contributed by atoms with Crippen LogP contribution in [0.25, 0.3) is 0 Å². The maximum Gasteiger partial charge on any atom is 0.226 e. The summed E-state index contributed by atoms with van der Waals surface area (Å²) in [5, 5.41) is 0. The van der Waals surface area contributed by atoms with Gasteiger partial charge >= 0.3 is 0 Å². The Kier molecular flexibility index (Phi) is 4.11. The molecule has 1 aliphatic heterocycles. The highest BCUT2D eigenvalue weighted by molar-refractivity contribution is 7.80. The van der Waals surface area contributed by atoms with E-state index in [2.05, 4.69) is 19.6 Å². The molecule has 92 valence electrons. The molecule has 0 bridgehead atoms. The van der Waals surface area contributed by atoms with E-state index >= 15 is 0 Å². The Hall–Kier alpha value is -0.960. The van der Waals surface area contributed by atoms with Crippen LogP contribution in [0.3, 0.4) is 0 Å². The molecule has 3 heteroatoms. The van der Waals surface area contributed by atoms with E-state index in [1.165, 1.54) is 6.42 Å². The van der Waals surface area contributed by atoms with Gasteiger partial charge in [-0.25, -0.2) is 0 Å². The van der Waals surface area contributed by atoms with Crippen molar-refractivity contribution >= 4 is 18.5 Å². The normalized spacial score (nSPS) is 19.6. The van der Waals surface area contributed by atoms with Gasteiger partial charge in [-0.05, 0) is 30.0 Å². The quantitative estimate of drug-likeness (QED) is 0.817. The maximum atomic E-state index is 12.1. The van der Waals surface area contributed by atoms with Crippen molar-refractivity contribution in [3.8, 4) is 0 Å². The molecule has 0 aliphatic carbocycles. The summed E-state index contributed by atoms with van der Waals surface area (Å²) in [5.41, 5.74) is 1.08. The standard InChI is InChI=1S/C14H19NOS/c1-2-11-7-8-15(10-11)14(16)9-12-3-5-13(17)6-4-12/h3-6,11,17H,2,7-10H2,1H3. The van der Waals surface area contributed by atoms with Gasteiger partial charge < -0.3 is 4.90 Å².